The van der Waals surface area contributed by atoms with Gasteiger partial charge in [-0.3, -0.25) is 0 Å². The molecule has 1 unspecified atom stereocenters. The molecule has 1 aliphatic heterocycles. The number of benzene rings is 2. The van der Waals surface area contributed by atoms with Gasteiger partial charge in [0, 0.05) is 5.56 Å². The van der Waals surface area contributed by atoms with Crippen molar-refractivity contribution in [3.8, 4) is 11.5 Å². The Morgan fingerprint density at radius 2 is 1.75 bits per heavy atom. The van der Waals surface area contributed by atoms with Gasteiger partial charge in [-0.05, 0) is 36.4 Å². The highest BCUT2D eigenvalue weighted by Gasteiger charge is 2.24. The van der Waals surface area contributed by atoms with E-state index in [0.717, 1.165) is 28.4 Å². The summed E-state index contributed by atoms with van der Waals surface area (Å²) in [4.78, 5) is 0. The maximum Gasteiger partial charge on any atom is 0.127 e. The molecule has 20 heavy (non-hydrogen) atoms. The van der Waals surface area contributed by atoms with Crippen molar-refractivity contribution >= 4 is 11.4 Å². The lowest BCUT2D eigenvalue weighted by Gasteiger charge is -2.17. The van der Waals surface area contributed by atoms with Crippen LogP contribution in [0.4, 0.5) is 15.8 Å². The third kappa shape index (κ3) is 2.11. The fraction of sp³-hybridized carbons (Fsp3) is 0.200. The number of hydrogen-bond donors (Lipinski definition) is 2. The summed E-state index contributed by atoms with van der Waals surface area (Å²) in [6.45, 7) is 0. The molecule has 2 aromatic carbocycles. The van der Waals surface area contributed by atoms with Crippen molar-refractivity contribution in [3.05, 3.63) is 47.8 Å². The molecule has 0 radical (unpaired) electrons. The molecule has 3 rings (SSSR count). The predicted molar refractivity (Wildman–Crippen MR) is 75.9 cm³/mol. The van der Waals surface area contributed by atoms with Crippen molar-refractivity contribution in [1.82, 2.24) is 0 Å². The van der Waals surface area contributed by atoms with Crippen molar-refractivity contribution in [2.45, 2.75) is 6.17 Å². The first-order valence-corrected chi connectivity index (χ1v) is 6.26. The van der Waals surface area contributed by atoms with Gasteiger partial charge >= 0.3 is 0 Å². The molecule has 4 nitrogen and oxygen atoms in total. The number of fused-ring (bicyclic) bond motifs is 1. The zero-order valence-corrected chi connectivity index (χ0v) is 11.2. The molecule has 0 spiro atoms. The van der Waals surface area contributed by atoms with Gasteiger partial charge in [0.2, 0.25) is 0 Å². The molecule has 0 amide bonds. The minimum atomic E-state index is -0.267. The quantitative estimate of drug-likeness (QED) is 0.900. The zero-order valence-electron chi connectivity index (χ0n) is 11.2. The van der Waals surface area contributed by atoms with Crippen LogP contribution in [0.2, 0.25) is 0 Å². The van der Waals surface area contributed by atoms with Gasteiger partial charge in [-0.2, -0.15) is 0 Å². The van der Waals surface area contributed by atoms with Crippen molar-refractivity contribution in [2.24, 2.45) is 0 Å². The van der Waals surface area contributed by atoms with Crippen molar-refractivity contribution in [2.75, 3.05) is 24.9 Å². The molecular formula is C15H15FN2O2. The number of halogens is 1. The standard InChI is InChI=1S/C15H15FN2O2/c1-19-10-4-6-14(20-2)11(8-10)15-17-12-5-3-9(16)7-13(12)18-15/h3-8,15,17-18H,1-2H3. The molecule has 5 heteroatoms. The third-order valence-electron chi connectivity index (χ3n) is 3.33. The average molecular weight is 274 g/mol. The van der Waals surface area contributed by atoms with E-state index in [4.69, 9.17) is 9.47 Å². The van der Waals surface area contributed by atoms with Crippen LogP contribution >= 0.6 is 0 Å². The van der Waals surface area contributed by atoms with Crippen LogP contribution in [-0.2, 0) is 0 Å². The Kier molecular flexibility index (Phi) is 3.10. The summed E-state index contributed by atoms with van der Waals surface area (Å²) >= 11 is 0. The molecule has 0 bridgehead atoms. The molecule has 2 aromatic rings. The number of anilines is 2. The molecule has 1 aliphatic rings. The summed E-state index contributed by atoms with van der Waals surface area (Å²) in [5, 5.41) is 6.52. The molecule has 0 aromatic heterocycles. The molecule has 0 fully saturated rings. The lowest BCUT2D eigenvalue weighted by molar-refractivity contribution is 0.397. The van der Waals surface area contributed by atoms with Gasteiger partial charge in [0.25, 0.3) is 0 Å². The summed E-state index contributed by atoms with van der Waals surface area (Å²) in [5.74, 6) is 1.21. The van der Waals surface area contributed by atoms with E-state index in [0.29, 0.717) is 0 Å². The molecule has 0 saturated carbocycles. The number of hydrogen-bond acceptors (Lipinski definition) is 4. The first-order chi connectivity index (χ1) is 9.71. The van der Waals surface area contributed by atoms with Gasteiger partial charge in [-0.25, -0.2) is 4.39 Å². The van der Waals surface area contributed by atoms with E-state index < -0.39 is 0 Å². The highest BCUT2D eigenvalue weighted by Crippen LogP contribution is 2.39. The van der Waals surface area contributed by atoms with Gasteiger partial charge < -0.3 is 20.1 Å². The first kappa shape index (κ1) is 12.6. The Bertz CT molecular complexity index is 646. The van der Waals surface area contributed by atoms with Gasteiger partial charge in [-0.15, -0.1) is 0 Å². The fourth-order valence-corrected chi connectivity index (χ4v) is 2.33. The summed E-state index contributed by atoms with van der Waals surface area (Å²) in [6, 6.07) is 10.2. The average Bonchev–Trinajstić information content (AvgIpc) is 2.89. The maximum atomic E-state index is 13.2. The Labute approximate surface area is 116 Å². The summed E-state index contributed by atoms with van der Waals surface area (Å²) in [5.41, 5.74) is 2.50. The summed E-state index contributed by atoms with van der Waals surface area (Å²) in [7, 11) is 3.23. The topological polar surface area (TPSA) is 42.5 Å². The first-order valence-electron chi connectivity index (χ1n) is 6.26. The highest BCUT2D eigenvalue weighted by atomic mass is 19.1. The van der Waals surface area contributed by atoms with Crippen LogP contribution in [0.5, 0.6) is 11.5 Å². The third-order valence-corrected chi connectivity index (χ3v) is 3.33. The molecule has 104 valence electrons. The minimum Gasteiger partial charge on any atom is -0.497 e. The van der Waals surface area contributed by atoms with Gasteiger partial charge in [0.1, 0.15) is 23.5 Å². The van der Waals surface area contributed by atoms with Crippen molar-refractivity contribution in [3.63, 3.8) is 0 Å². The lowest BCUT2D eigenvalue weighted by atomic mass is 10.1. The molecule has 0 saturated heterocycles. The van der Waals surface area contributed by atoms with E-state index in [9.17, 15) is 4.39 Å². The SMILES string of the molecule is COc1ccc(OC)c(C2Nc3ccc(F)cc3N2)c1. The second-order valence-corrected chi connectivity index (χ2v) is 4.52. The predicted octanol–water partition coefficient (Wildman–Crippen LogP) is 3.38. The van der Waals surface area contributed by atoms with Gasteiger partial charge in [0.05, 0.1) is 25.6 Å². The second-order valence-electron chi connectivity index (χ2n) is 4.52. The van der Waals surface area contributed by atoms with E-state index in [1.54, 1.807) is 20.3 Å². The fourth-order valence-electron chi connectivity index (χ4n) is 2.33. The second kappa shape index (κ2) is 4.92. The largest absolute Gasteiger partial charge is 0.497 e. The molecule has 1 atom stereocenters. The molecule has 0 aliphatic carbocycles. The van der Waals surface area contributed by atoms with Crippen molar-refractivity contribution in [1.29, 1.82) is 0 Å². The summed E-state index contributed by atoms with van der Waals surface area (Å²) < 4.78 is 23.9. The number of rotatable bonds is 3. The van der Waals surface area contributed by atoms with Crippen LogP contribution in [0.3, 0.4) is 0 Å². The minimum absolute atomic E-state index is 0.183. The Hall–Kier alpha value is -2.43. The molecule has 2 N–H and O–H groups in total. The zero-order chi connectivity index (χ0) is 14.1. The Balaban J connectivity index is 1.95. The van der Waals surface area contributed by atoms with E-state index >= 15 is 0 Å². The maximum absolute atomic E-state index is 13.2. The monoisotopic (exact) mass is 274 g/mol. The van der Waals surface area contributed by atoms with E-state index in [2.05, 4.69) is 10.6 Å². The van der Waals surface area contributed by atoms with Crippen LogP contribution in [-0.4, -0.2) is 14.2 Å². The summed E-state index contributed by atoms with van der Waals surface area (Å²) in [6.07, 6.45) is -0.183. The Morgan fingerprint density at radius 1 is 0.950 bits per heavy atom. The molecular weight excluding hydrogens is 259 g/mol. The van der Waals surface area contributed by atoms with Crippen molar-refractivity contribution < 1.29 is 13.9 Å². The van der Waals surface area contributed by atoms with Gasteiger partial charge in [-0.1, -0.05) is 0 Å². The number of ether oxygens (including phenoxy) is 2. The van der Waals surface area contributed by atoms with Crippen LogP contribution in [0.15, 0.2) is 36.4 Å². The Morgan fingerprint density at radius 3 is 2.50 bits per heavy atom. The molecule has 1 heterocycles. The van der Waals surface area contributed by atoms with Crippen LogP contribution < -0.4 is 20.1 Å². The van der Waals surface area contributed by atoms with E-state index in [1.807, 2.05) is 18.2 Å². The highest BCUT2D eigenvalue weighted by molar-refractivity contribution is 5.75. The smallest absolute Gasteiger partial charge is 0.127 e. The van der Waals surface area contributed by atoms with E-state index in [-0.39, 0.29) is 12.0 Å². The normalized spacial score (nSPS) is 16.1. The van der Waals surface area contributed by atoms with Crippen LogP contribution in [0.1, 0.15) is 11.7 Å². The van der Waals surface area contributed by atoms with Crippen LogP contribution in [0, 0.1) is 5.82 Å². The lowest BCUT2D eigenvalue weighted by Crippen LogP contribution is -2.13. The van der Waals surface area contributed by atoms with Gasteiger partial charge in [0.15, 0.2) is 0 Å². The number of methoxy groups -OCH3 is 2. The van der Waals surface area contributed by atoms with Crippen LogP contribution in [0.25, 0.3) is 0 Å². The number of nitrogens with one attached hydrogen (secondary N) is 2. The van der Waals surface area contributed by atoms with E-state index in [1.165, 1.54) is 12.1 Å².